The van der Waals surface area contributed by atoms with Crippen LogP contribution >= 0.6 is 0 Å². The Balaban J connectivity index is 2.35. The summed E-state index contributed by atoms with van der Waals surface area (Å²) < 4.78 is 5.08. The van der Waals surface area contributed by atoms with E-state index in [-0.39, 0.29) is 6.10 Å². The fraction of sp³-hybridized carbons (Fsp3) is 0.818. The quantitative estimate of drug-likeness (QED) is 0.783. The number of hydrogen-bond donors (Lipinski definition) is 1. The van der Waals surface area contributed by atoms with E-state index in [1.165, 1.54) is 0 Å². The van der Waals surface area contributed by atoms with E-state index in [9.17, 15) is 0 Å². The van der Waals surface area contributed by atoms with Crippen LogP contribution in [0.15, 0.2) is 4.52 Å². The van der Waals surface area contributed by atoms with E-state index in [1.807, 2.05) is 0 Å². The molecule has 0 amide bonds. The predicted octanol–water partition coefficient (Wildman–Crippen LogP) is 1.97. The van der Waals surface area contributed by atoms with E-state index < -0.39 is 0 Å². The third kappa shape index (κ3) is 4.93. The van der Waals surface area contributed by atoms with Gasteiger partial charge in [0.2, 0.25) is 5.89 Å². The fourth-order valence-corrected chi connectivity index (χ4v) is 1.24. The second-order valence-corrected chi connectivity index (χ2v) is 4.42. The molecule has 0 fully saturated rings. The van der Waals surface area contributed by atoms with Crippen molar-refractivity contribution in [1.82, 2.24) is 10.1 Å². The van der Waals surface area contributed by atoms with E-state index in [0.29, 0.717) is 24.7 Å². The summed E-state index contributed by atoms with van der Waals surface area (Å²) in [4.78, 5) is 4.27. The first-order chi connectivity index (χ1) is 7.08. The Morgan fingerprint density at radius 3 is 2.53 bits per heavy atom. The fourth-order valence-electron chi connectivity index (χ4n) is 1.24. The third-order valence-corrected chi connectivity index (χ3v) is 2.23. The molecular weight excluding hydrogens is 192 g/mol. The van der Waals surface area contributed by atoms with E-state index in [1.54, 1.807) is 6.92 Å². The molecule has 0 saturated carbocycles. The average Bonchev–Trinajstić information content (AvgIpc) is 2.59. The molecule has 1 aromatic rings. The molecule has 1 rings (SSSR count). The van der Waals surface area contributed by atoms with Crippen molar-refractivity contribution in [2.75, 3.05) is 0 Å². The second-order valence-electron chi connectivity index (χ2n) is 4.42. The molecule has 0 bridgehead atoms. The molecule has 86 valence electrons. The minimum atomic E-state index is -0.309. The average molecular weight is 212 g/mol. The molecular formula is C11H20N2O2. The number of aliphatic hydroxyl groups excluding tert-OH is 1. The highest BCUT2D eigenvalue weighted by atomic mass is 16.5. The lowest BCUT2D eigenvalue weighted by Crippen LogP contribution is -2.01. The largest absolute Gasteiger partial charge is 0.393 e. The van der Waals surface area contributed by atoms with Crippen molar-refractivity contribution >= 4 is 0 Å². The zero-order valence-corrected chi connectivity index (χ0v) is 9.73. The van der Waals surface area contributed by atoms with Crippen molar-refractivity contribution in [1.29, 1.82) is 0 Å². The molecule has 4 heteroatoms. The van der Waals surface area contributed by atoms with Gasteiger partial charge >= 0.3 is 0 Å². The van der Waals surface area contributed by atoms with Crippen LogP contribution in [0.5, 0.6) is 0 Å². The van der Waals surface area contributed by atoms with Crippen LogP contribution in [0.1, 0.15) is 45.3 Å². The number of aryl methyl sites for hydroxylation is 2. The van der Waals surface area contributed by atoms with Gasteiger partial charge in [-0.2, -0.15) is 4.98 Å². The van der Waals surface area contributed by atoms with Gasteiger partial charge in [-0.05, 0) is 25.7 Å². The highest BCUT2D eigenvalue weighted by molar-refractivity contribution is 4.87. The molecule has 4 nitrogen and oxygen atoms in total. The topological polar surface area (TPSA) is 59.2 Å². The molecule has 1 N–H and O–H groups in total. The van der Waals surface area contributed by atoms with Gasteiger partial charge in [0.25, 0.3) is 0 Å². The Bertz CT molecular complexity index is 255. The summed E-state index contributed by atoms with van der Waals surface area (Å²) in [6.45, 7) is 6.11. The first kappa shape index (κ1) is 12.2. The Morgan fingerprint density at radius 2 is 1.93 bits per heavy atom. The SMILES string of the molecule is CC(C)CCc1noc(CCC(C)O)n1. The van der Waals surface area contributed by atoms with Crippen LogP contribution in [-0.4, -0.2) is 21.4 Å². The van der Waals surface area contributed by atoms with Crippen LogP contribution < -0.4 is 0 Å². The highest BCUT2D eigenvalue weighted by Crippen LogP contribution is 2.08. The van der Waals surface area contributed by atoms with Crippen molar-refractivity contribution < 1.29 is 9.63 Å². The maximum Gasteiger partial charge on any atom is 0.226 e. The molecule has 0 saturated heterocycles. The lowest BCUT2D eigenvalue weighted by atomic mass is 10.1. The lowest BCUT2D eigenvalue weighted by Gasteiger charge is -1.99. The van der Waals surface area contributed by atoms with Gasteiger partial charge in [-0.1, -0.05) is 19.0 Å². The summed E-state index contributed by atoms with van der Waals surface area (Å²) >= 11 is 0. The Hall–Kier alpha value is -0.900. The molecule has 0 radical (unpaired) electrons. The number of rotatable bonds is 6. The van der Waals surface area contributed by atoms with Gasteiger partial charge in [-0.25, -0.2) is 0 Å². The van der Waals surface area contributed by atoms with Crippen LogP contribution in [0.2, 0.25) is 0 Å². The molecule has 1 atom stereocenters. The second kappa shape index (κ2) is 5.85. The first-order valence-electron chi connectivity index (χ1n) is 5.57. The van der Waals surface area contributed by atoms with Crippen LogP contribution in [0.25, 0.3) is 0 Å². The summed E-state index contributed by atoms with van der Waals surface area (Å²) in [5.74, 6) is 2.07. The highest BCUT2D eigenvalue weighted by Gasteiger charge is 2.07. The maximum absolute atomic E-state index is 9.11. The monoisotopic (exact) mass is 212 g/mol. The summed E-state index contributed by atoms with van der Waals surface area (Å²) in [5, 5.41) is 13.0. The van der Waals surface area contributed by atoms with E-state index >= 15 is 0 Å². The summed E-state index contributed by atoms with van der Waals surface area (Å²) in [6.07, 6.45) is 2.97. The number of aromatic nitrogens is 2. The van der Waals surface area contributed by atoms with Gasteiger partial charge in [-0.3, -0.25) is 0 Å². The normalized spacial score (nSPS) is 13.4. The molecule has 0 aliphatic heterocycles. The molecule has 1 unspecified atom stereocenters. The number of nitrogens with zero attached hydrogens (tertiary/aromatic N) is 2. The van der Waals surface area contributed by atoms with Crippen LogP contribution in [0.3, 0.4) is 0 Å². The maximum atomic E-state index is 9.11. The van der Waals surface area contributed by atoms with Crippen molar-refractivity contribution in [2.45, 2.75) is 52.6 Å². The summed E-state index contributed by atoms with van der Waals surface area (Å²) in [5.41, 5.74) is 0. The third-order valence-electron chi connectivity index (χ3n) is 2.23. The number of aliphatic hydroxyl groups is 1. The molecule has 0 aromatic carbocycles. The Morgan fingerprint density at radius 1 is 1.20 bits per heavy atom. The molecule has 0 aliphatic rings. The molecule has 1 aromatic heterocycles. The predicted molar refractivity (Wildman–Crippen MR) is 57.5 cm³/mol. The van der Waals surface area contributed by atoms with Gasteiger partial charge in [-0.15, -0.1) is 0 Å². The van der Waals surface area contributed by atoms with Crippen LogP contribution in [0, 0.1) is 5.92 Å². The lowest BCUT2D eigenvalue weighted by molar-refractivity contribution is 0.180. The summed E-state index contributed by atoms with van der Waals surface area (Å²) in [7, 11) is 0. The van der Waals surface area contributed by atoms with Gasteiger partial charge in [0.1, 0.15) is 0 Å². The Kier molecular flexibility index (Phi) is 4.75. The van der Waals surface area contributed by atoms with Crippen molar-refractivity contribution in [3.63, 3.8) is 0 Å². The van der Waals surface area contributed by atoms with Crippen LogP contribution in [0.4, 0.5) is 0 Å². The van der Waals surface area contributed by atoms with Gasteiger partial charge < -0.3 is 9.63 Å². The first-order valence-corrected chi connectivity index (χ1v) is 5.57. The Labute approximate surface area is 90.7 Å². The molecule has 1 heterocycles. The standard InChI is InChI=1S/C11H20N2O2/c1-8(2)4-6-10-12-11(15-13-10)7-5-9(3)14/h8-9,14H,4-7H2,1-3H3. The smallest absolute Gasteiger partial charge is 0.226 e. The van der Waals surface area contributed by atoms with Gasteiger partial charge in [0.15, 0.2) is 5.82 Å². The van der Waals surface area contributed by atoms with E-state index in [0.717, 1.165) is 18.7 Å². The minimum absolute atomic E-state index is 0.309. The molecule has 15 heavy (non-hydrogen) atoms. The van der Waals surface area contributed by atoms with Crippen LogP contribution in [-0.2, 0) is 12.8 Å². The van der Waals surface area contributed by atoms with Crippen molar-refractivity contribution in [3.05, 3.63) is 11.7 Å². The number of hydrogen-bond acceptors (Lipinski definition) is 4. The molecule has 0 aliphatic carbocycles. The zero-order chi connectivity index (χ0) is 11.3. The van der Waals surface area contributed by atoms with Crippen molar-refractivity contribution in [3.8, 4) is 0 Å². The van der Waals surface area contributed by atoms with Gasteiger partial charge in [0.05, 0.1) is 6.10 Å². The summed E-state index contributed by atoms with van der Waals surface area (Å²) in [6, 6.07) is 0. The minimum Gasteiger partial charge on any atom is -0.393 e. The van der Waals surface area contributed by atoms with E-state index in [4.69, 9.17) is 9.63 Å². The zero-order valence-electron chi connectivity index (χ0n) is 9.73. The van der Waals surface area contributed by atoms with E-state index in [2.05, 4.69) is 24.0 Å². The molecule has 0 spiro atoms. The van der Waals surface area contributed by atoms with Crippen molar-refractivity contribution in [2.24, 2.45) is 5.92 Å². The van der Waals surface area contributed by atoms with Gasteiger partial charge in [0, 0.05) is 12.8 Å².